The van der Waals surface area contributed by atoms with E-state index in [9.17, 15) is 4.39 Å². The summed E-state index contributed by atoms with van der Waals surface area (Å²) in [5.74, 6) is 0.477. The minimum absolute atomic E-state index is 0.265. The highest BCUT2D eigenvalue weighted by Crippen LogP contribution is 2.22. The maximum absolute atomic E-state index is 13.1. The molecule has 17 heavy (non-hydrogen) atoms. The lowest BCUT2D eigenvalue weighted by molar-refractivity contribution is 0.629. The summed E-state index contributed by atoms with van der Waals surface area (Å²) in [6.07, 6.45) is 3.50. The molecule has 3 nitrogen and oxygen atoms in total. The van der Waals surface area contributed by atoms with Crippen LogP contribution in [-0.4, -0.2) is 15.0 Å². The Balaban J connectivity index is 2.22. The summed E-state index contributed by atoms with van der Waals surface area (Å²) in [5, 5.41) is 0. The second-order valence-electron chi connectivity index (χ2n) is 3.94. The summed E-state index contributed by atoms with van der Waals surface area (Å²) >= 11 is 0. The molecule has 1 N–H and O–H groups in total. The molecule has 0 atom stereocenters. The summed E-state index contributed by atoms with van der Waals surface area (Å²) in [6, 6.07) is 6.42. The minimum Gasteiger partial charge on any atom is -0.338 e. The summed E-state index contributed by atoms with van der Waals surface area (Å²) in [4.78, 5) is 11.6. The average molecular weight is 227 g/mol. The first kappa shape index (κ1) is 9.96. The fourth-order valence-electron chi connectivity index (χ4n) is 1.85. The van der Waals surface area contributed by atoms with Crippen LogP contribution < -0.4 is 0 Å². The summed E-state index contributed by atoms with van der Waals surface area (Å²) in [6.45, 7) is 1.97. The van der Waals surface area contributed by atoms with Gasteiger partial charge in [0.1, 0.15) is 11.6 Å². The smallest absolute Gasteiger partial charge is 0.138 e. The van der Waals surface area contributed by atoms with E-state index in [4.69, 9.17) is 0 Å². The number of hydrogen-bond donors (Lipinski definition) is 1. The first-order chi connectivity index (χ1) is 8.24. The number of imidazole rings is 1. The minimum atomic E-state index is -0.265. The Morgan fingerprint density at radius 3 is 2.94 bits per heavy atom. The van der Waals surface area contributed by atoms with E-state index in [-0.39, 0.29) is 5.82 Å². The zero-order valence-electron chi connectivity index (χ0n) is 9.24. The summed E-state index contributed by atoms with van der Waals surface area (Å²) < 4.78 is 13.1. The van der Waals surface area contributed by atoms with Gasteiger partial charge in [0.05, 0.1) is 11.0 Å². The number of rotatable bonds is 1. The van der Waals surface area contributed by atoms with E-state index in [1.165, 1.54) is 12.1 Å². The van der Waals surface area contributed by atoms with E-state index in [2.05, 4.69) is 15.0 Å². The highest BCUT2D eigenvalue weighted by atomic mass is 19.1. The number of benzene rings is 1. The average Bonchev–Trinajstić information content (AvgIpc) is 2.72. The van der Waals surface area contributed by atoms with Crippen molar-refractivity contribution in [3.63, 3.8) is 0 Å². The third kappa shape index (κ3) is 1.67. The number of fused-ring (bicyclic) bond motifs is 1. The second kappa shape index (κ2) is 3.66. The molecule has 0 fully saturated rings. The Hall–Kier alpha value is -2.23. The molecular formula is C13H10FN3. The van der Waals surface area contributed by atoms with Gasteiger partial charge in [-0.25, -0.2) is 9.37 Å². The van der Waals surface area contributed by atoms with Crippen LogP contribution in [0.2, 0.25) is 0 Å². The molecular weight excluding hydrogens is 217 g/mol. The van der Waals surface area contributed by atoms with Gasteiger partial charge >= 0.3 is 0 Å². The van der Waals surface area contributed by atoms with Gasteiger partial charge in [0.25, 0.3) is 0 Å². The van der Waals surface area contributed by atoms with Gasteiger partial charge in [-0.3, -0.25) is 4.98 Å². The topological polar surface area (TPSA) is 41.6 Å². The predicted molar refractivity (Wildman–Crippen MR) is 64.0 cm³/mol. The van der Waals surface area contributed by atoms with E-state index < -0.39 is 0 Å². The lowest BCUT2D eigenvalue weighted by Crippen LogP contribution is -1.85. The van der Waals surface area contributed by atoms with Gasteiger partial charge in [0.15, 0.2) is 0 Å². The second-order valence-corrected chi connectivity index (χ2v) is 3.94. The molecule has 0 spiro atoms. The maximum Gasteiger partial charge on any atom is 0.138 e. The molecule has 0 bridgehead atoms. The highest BCUT2D eigenvalue weighted by molar-refractivity contribution is 5.79. The molecule has 0 radical (unpaired) electrons. The number of H-pyrrole nitrogens is 1. The van der Waals surface area contributed by atoms with Gasteiger partial charge in [-0.2, -0.15) is 0 Å². The molecule has 0 unspecified atom stereocenters. The van der Waals surface area contributed by atoms with Gasteiger partial charge in [-0.15, -0.1) is 0 Å². The van der Waals surface area contributed by atoms with Gasteiger partial charge in [-0.1, -0.05) is 0 Å². The van der Waals surface area contributed by atoms with Crippen molar-refractivity contribution in [2.24, 2.45) is 0 Å². The lowest BCUT2D eigenvalue weighted by atomic mass is 10.1. The number of halogens is 1. The molecule has 4 heteroatoms. The monoisotopic (exact) mass is 227 g/mol. The van der Waals surface area contributed by atoms with Crippen molar-refractivity contribution in [3.8, 4) is 11.4 Å². The number of aromatic amines is 1. The van der Waals surface area contributed by atoms with Crippen molar-refractivity contribution in [3.05, 3.63) is 48.0 Å². The molecule has 0 aliphatic rings. The molecule has 2 heterocycles. The van der Waals surface area contributed by atoms with Crippen LogP contribution in [0.5, 0.6) is 0 Å². The van der Waals surface area contributed by atoms with Crippen molar-refractivity contribution >= 4 is 11.0 Å². The largest absolute Gasteiger partial charge is 0.338 e. The Kier molecular flexibility index (Phi) is 2.14. The first-order valence-electron chi connectivity index (χ1n) is 5.30. The zero-order chi connectivity index (χ0) is 11.8. The molecule has 1 aromatic carbocycles. The Morgan fingerprint density at radius 1 is 1.24 bits per heavy atom. The number of nitrogens with one attached hydrogen (secondary N) is 1. The summed E-state index contributed by atoms with van der Waals surface area (Å²) in [7, 11) is 0. The van der Waals surface area contributed by atoms with Gasteiger partial charge in [0, 0.05) is 18.0 Å². The SMILES string of the molecule is Cc1cnccc1-c1nc2ccc(F)cc2[nH]1. The Bertz CT molecular complexity index is 688. The summed E-state index contributed by atoms with van der Waals surface area (Å²) in [5.41, 5.74) is 3.48. The molecule has 3 aromatic rings. The third-order valence-corrected chi connectivity index (χ3v) is 2.72. The molecule has 0 saturated heterocycles. The van der Waals surface area contributed by atoms with Gasteiger partial charge in [-0.05, 0) is 36.8 Å². The predicted octanol–water partition coefficient (Wildman–Crippen LogP) is 3.07. The van der Waals surface area contributed by atoms with E-state index >= 15 is 0 Å². The fourth-order valence-corrected chi connectivity index (χ4v) is 1.85. The quantitative estimate of drug-likeness (QED) is 0.694. The highest BCUT2D eigenvalue weighted by Gasteiger charge is 2.07. The van der Waals surface area contributed by atoms with Crippen molar-refractivity contribution < 1.29 is 4.39 Å². The van der Waals surface area contributed by atoms with Crippen LogP contribution in [0, 0.1) is 12.7 Å². The Labute approximate surface area is 97.3 Å². The van der Waals surface area contributed by atoms with Crippen LogP contribution in [0.3, 0.4) is 0 Å². The molecule has 0 aliphatic heterocycles. The zero-order valence-corrected chi connectivity index (χ0v) is 9.24. The van der Waals surface area contributed by atoms with Gasteiger partial charge < -0.3 is 4.98 Å². The molecule has 2 aromatic heterocycles. The van der Waals surface area contributed by atoms with Crippen molar-refractivity contribution in [1.82, 2.24) is 15.0 Å². The van der Waals surface area contributed by atoms with Gasteiger partial charge in [0.2, 0.25) is 0 Å². The number of nitrogens with zero attached hydrogens (tertiary/aromatic N) is 2. The molecule has 0 aliphatic carbocycles. The van der Waals surface area contributed by atoms with E-state index in [0.29, 0.717) is 5.52 Å². The maximum atomic E-state index is 13.1. The van der Waals surface area contributed by atoms with E-state index in [1.54, 1.807) is 18.5 Å². The lowest BCUT2D eigenvalue weighted by Gasteiger charge is -1.99. The van der Waals surface area contributed by atoms with E-state index in [1.807, 2.05) is 13.0 Å². The van der Waals surface area contributed by atoms with Crippen LogP contribution in [0.4, 0.5) is 4.39 Å². The molecule has 0 amide bonds. The van der Waals surface area contributed by atoms with Crippen LogP contribution in [0.25, 0.3) is 22.4 Å². The van der Waals surface area contributed by atoms with Crippen LogP contribution in [0.1, 0.15) is 5.56 Å². The van der Waals surface area contributed by atoms with Crippen LogP contribution in [0.15, 0.2) is 36.7 Å². The molecule has 0 saturated carbocycles. The van der Waals surface area contributed by atoms with Crippen LogP contribution in [-0.2, 0) is 0 Å². The van der Waals surface area contributed by atoms with Crippen LogP contribution >= 0.6 is 0 Å². The first-order valence-corrected chi connectivity index (χ1v) is 5.30. The van der Waals surface area contributed by atoms with Crippen molar-refractivity contribution in [2.75, 3.05) is 0 Å². The number of pyridine rings is 1. The third-order valence-electron chi connectivity index (χ3n) is 2.72. The number of hydrogen-bond acceptors (Lipinski definition) is 2. The molecule has 84 valence electrons. The number of aromatic nitrogens is 3. The standard InChI is InChI=1S/C13H10FN3/c1-8-7-15-5-4-10(8)13-16-11-3-2-9(14)6-12(11)17-13/h2-7H,1H3,(H,16,17). The van der Waals surface area contributed by atoms with Crippen molar-refractivity contribution in [2.45, 2.75) is 6.92 Å². The Morgan fingerprint density at radius 2 is 2.12 bits per heavy atom. The van der Waals surface area contributed by atoms with Crippen molar-refractivity contribution in [1.29, 1.82) is 0 Å². The fraction of sp³-hybridized carbons (Fsp3) is 0.0769. The van der Waals surface area contributed by atoms with E-state index in [0.717, 1.165) is 22.5 Å². The number of aryl methyl sites for hydroxylation is 1. The molecule has 3 rings (SSSR count). The normalized spacial score (nSPS) is 10.9.